The van der Waals surface area contributed by atoms with Crippen LogP contribution < -0.4 is 4.90 Å². The van der Waals surface area contributed by atoms with Crippen molar-refractivity contribution in [2.75, 3.05) is 4.90 Å². The number of fused-ring (bicyclic) bond motifs is 5. The second-order valence-corrected chi connectivity index (χ2v) is 7.28. The predicted molar refractivity (Wildman–Crippen MR) is 92.1 cm³/mol. The van der Waals surface area contributed by atoms with E-state index in [1.54, 1.807) is 0 Å². The van der Waals surface area contributed by atoms with Crippen molar-refractivity contribution in [1.82, 2.24) is 0 Å². The number of rotatable bonds is 2. The summed E-state index contributed by atoms with van der Waals surface area (Å²) in [5, 5.41) is 11.5. The molecule has 0 N–H and O–H groups in total. The number of nitro benzene ring substituents is 1. The summed E-state index contributed by atoms with van der Waals surface area (Å²) in [6.07, 6.45) is 3.97. The zero-order valence-electron chi connectivity index (χ0n) is 13.6. The van der Waals surface area contributed by atoms with E-state index in [1.807, 2.05) is 26.0 Å². The van der Waals surface area contributed by atoms with E-state index in [0.29, 0.717) is 0 Å². The molecule has 1 aromatic carbocycles. The third-order valence-corrected chi connectivity index (χ3v) is 5.60. The fourth-order valence-electron chi connectivity index (χ4n) is 4.50. The Morgan fingerprint density at radius 3 is 2.16 bits per heavy atom. The summed E-state index contributed by atoms with van der Waals surface area (Å²) in [4.78, 5) is 37.7. The lowest BCUT2D eigenvalue weighted by molar-refractivity contribution is -0.384. The molecule has 1 aromatic rings. The largest absolute Gasteiger partial charge is 0.294 e. The molecule has 25 heavy (non-hydrogen) atoms. The summed E-state index contributed by atoms with van der Waals surface area (Å²) in [7, 11) is 0. The SMILES string of the molecule is CC(C)=C1[C@H]2C=C[C@H]1[C@H]1C(=O)N(c3ccc(Cl)cc3[N+](=O)[O-])C(=O)[C@@H]12. The highest BCUT2D eigenvalue weighted by molar-refractivity contribution is 6.31. The highest BCUT2D eigenvalue weighted by atomic mass is 35.5. The van der Waals surface area contributed by atoms with E-state index in [4.69, 9.17) is 11.6 Å². The molecule has 1 saturated carbocycles. The molecule has 2 fully saturated rings. The molecule has 2 amide bonds. The molecule has 0 spiro atoms. The first-order valence-corrected chi connectivity index (χ1v) is 8.38. The molecule has 7 heteroatoms. The molecule has 0 unspecified atom stereocenters. The van der Waals surface area contributed by atoms with Crippen LogP contribution in [0.25, 0.3) is 0 Å². The minimum atomic E-state index is -0.621. The van der Waals surface area contributed by atoms with Crippen LogP contribution in [-0.2, 0) is 9.59 Å². The number of carbonyl (C=O) groups excluding carboxylic acids is 2. The van der Waals surface area contributed by atoms with Gasteiger partial charge in [0.25, 0.3) is 5.69 Å². The van der Waals surface area contributed by atoms with Crippen LogP contribution in [0.15, 0.2) is 41.5 Å². The van der Waals surface area contributed by atoms with Gasteiger partial charge in [0.05, 0.1) is 16.8 Å². The van der Waals surface area contributed by atoms with E-state index in [9.17, 15) is 19.7 Å². The van der Waals surface area contributed by atoms with E-state index in [2.05, 4.69) is 0 Å². The summed E-state index contributed by atoms with van der Waals surface area (Å²) in [6, 6.07) is 3.99. The van der Waals surface area contributed by atoms with Crippen molar-refractivity contribution in [2.45, 2.75) is 13.8 Å². The number of benzene rings is 1. The zero-order chi connectivity index (χ0) is 18.0. The van der Waals surface area contributed by atoms with Gasteiger partial charge in [-0.2, -0.15) is 0 Å². The molecule has 4 atom stereocenters. The Bertz CT molecular complexity index is 866. The van der Waals surface area contributed by atoms with Gasteiger partial charge in [0, 0.05) is 22.9 Å². The Balaban J connectivity index is 1.81. The van der Waals surface area contributed by atoms with Crippen LogP contribution in [-0.4, -0.2) is 16.7 Å². The summed E-state index contributed by atoms with van der Waals surface area (Å²) in [5.41, 5.74) is 1.93. The van der Waals surface area contributed by atoms with Crippen molar-refractivity contribution in [2.24, 2.45) is 23.7 Å². The number of amides is 2. The Morgan fingerprint density at radius 2 is 1.68 bits per heavy atom. The molecule has 4 rings (SSSR count). The number of carbonyl (C=O) groups is 2. The van der Waals surface area contributed by atoms with Gasteiger partial charge in [-0.15, -0.1) is 0 Å². The van der Waals surface area contributed by atoms with Gasteiger partial charge < -0.3 is 0 Å². The minimum Gasteiger partial charge on any atom is -0.274 e. The van der Waals surface area contributed by atoms with E-state index < -0.39 is 16.8 Å². The summed E-state index contributed by atoms with van der Waals surface area (Å²) >= 11 is 5.84. The standard InChI is InChI=1S/C18H15ClN2O4/c1-8(2)14-10-4-5-11(14)16-15(10)17(22)20(18(16)23)12-6-3-9(19)7-13(12)21(24)25/h3-7,10-11,15-16H,1-2H3/t10-,11-,15-,16-/m1/s1. The summed E-state index contributed by atoms with van der Waals surface area (Å²) in [6.45, 7) is 3.97. The molecule has 2 aliphatic carbocycles. The Morgan fingerprint density at radius 1 is 1.12 bits per heavy atom. The minimum absolute atomic E-state index is 0.00282. The van der Waals surface area contributed by atoms with Crippen molar-refractivity contribution in [1.29, 1.82) is 0 Å². The summed E-state index contributed by atoms with van der Waals surface area (Å²) in [5.74, 6) is -1.85. The average molecular weight is 359 g/mol. The number of hydrogen-bond acceptors (Lipinski definition) is 4. The first-order valence-electron chi connectivity index (χ1n) is 8.00. The van der Waals surface area contributed by atoms with Gasteiger partial charge in [0.2, 0.25) is 11.8 Å². The Labute approximate surface area is 148 Å². The van der Waals surface area contributed by atoms with Crippen LogP contribution in [0.5, 0.6) is 0 Å². The van der Waals surface area contributed by atoms with Crippen molar-refractivity contribution in [3.63, 3.8) is 0 Å². The number of nitro groups is 1. The third kappa shape index (κ3) is 2.03. The Hall–Kier alpha value is -2.47. The molecule has 3 aliphatic rings. The quantitative estimate of drug-likeness (QED) is 0.350. The summed E-state index contributed by atoms with van der Waals surface area (Å²) < 4.78 is 0. The number of imide groups is 1. The second kappa shape index (κ2) is 5.26. The van der Waals surface area contributed by atoms with Crippen LogP contribution in [0.1, 0.15) is 13.8 Å². The number of allylic oxidation sites excluding steroid dienone is 4. The maximum atomic E-state index is 13.0. The molecular weight excluding hydrogens is 344 g/mol. The van der Waals surface area contributed by atoms with Gasteiger partial charge in [0.1, 0.15) is 5.69 Å². The Kier molecular flexibility index (Phi) is 3.37. The van der Waals surface area contributed by atoms with Crippen LogP contribution in [0, 0.1) is 33.8 Å². The molecule has 1 saturated heterocycles. The average Bonchev–Trinajstić information content (AvgIpc) is 3.18. The molecule has 1 heterocycles. The van der Waals surface area contributed by atoms with Crippen molar-refractivity contribution < 1.29 is 14.5 Å². The van der Waals surface area contributed by atoms with Gasteiger partial charge in [-0.25, -0.2) is 4.90 Å². The van der Waals surface area contributed by atoms with Gasteiger partial charge in [-0.05, 0) is 26.0 Å². The monoisotopic (exact) mass is 358 g/mol. The lowest BCUT2D eigenvalue weighted by Gasteiger charge is -2.19. The molecule has 0 aromatic heterocycles. The van der Waals surface area contributed by atoms with Crippen molar-refractivity contribution in [3.8, 4) is 0 Å². The van der Waals surface area contributed by atoms with Gasteiger partial charge in [-0.1, -0.05) is 34.9 Å². The second-order valence-electron chi connectivity index (χ2n) is 6.85. The first-order chi connectivity index (χ1) is 11.8. The van der Waals surface area contributed by atoms with E-state index in [-0.39, 0.29) is 40.0 Å². The van der Waals surface area contributed by atoms with E-state index >= 15 is 0 Å². The zero-order valence-corrected chi connectivity index (χ0v) is 14.4. The highest BCUT2D eigenvalue weighted by Gasteiger charge is 2.62. The normalized spacial score (nSPS) is 29.6. The fraction of sp³-hybridized carbons (Fsp3) is 0.333. The molecular formula is C18H15ClN2O4. The molecule has 1 aliphatic heterocycles. The molecule has 6 nitrogen and oxygen atoms in total. The lowest BCUT2D eigenvalue weighted by atomic mass is 9.85. The molecule has 2 bridgehead atoms. The van der Waals surface area contributed by atoms with E-state index in [0.717, 1.165) is 16.0 Å². The topological polar surface area (TPSA) is 80.5 Å². The smallest absolute Gasteiger partial charge is 0.274 e. The maximum absolute atomic E-state index is 13.0. The van der Waals surface area contributed by atoms with Crippen LogP contribution >= 0.6 is 11.6 Å². The third-order valence-electron chi connectivity index (χ3n) is 5.37. The number of anilines is 1. The van der Waals surface area contributed by atoms with Gasteiger partial charge in [-0.3, -0.25) is 19.7 Å². The molecule has 128 valence electrons. The molecule has 0 radical (unpaired) electrons. The van der Waals surface area contributed by atoms with Gasteiger partial charge in [0.15, 0.2) is 0 Å². The van der Waals surface area contributed by atoms with Crippen molar-refractivity contribution >= 4 is 34.8 Å². The lowest BCUT2D eigenvalue weighted by Crippen LogP contribution is -2.33. The van der Waals surface area contributed by atoms with Gasteiger partial charge >= 0.3 is 0 Å². The number of nitrogens with zero attached hydrogens (tertiary/aromatic N) is 2. The van der Waals surface area contributed by atoms with E-state index in [1.165, 1.54) is 18.2 Å². The highest BCUT2D eigenvalue weighted by Crippen LogP contribution is 2.57. The maximum Gasteiger partial charge on any atom is 0.294 e. The first kappa shape index (κ1) is 16.0. The predicted octanol–water partition coefficient (Wildman–Crippen LogP) is 3.51. The van der Waals surface area contributed by atoms with Crippen LogP contribution in [0.2, 0.25) is 5.02 Å². The van der Waals surface area contributed by atoms with Crippen molar-refractivity contribution in [3.05, 3.63) is 56.6 Å². The van der Waals surface area contributed by atoms with Crippen LogP contribution in [0.4, 0.5) is 11.4 Å². The number of hydrogen-bond donors (Lipinski definition) is 0. The fourth-order valence-corrected chi connectivity index (χ4v) is 4.67. The van der Waals surface area contributed by atoms with Crippen LogP contribution in [0.3, 0.4) is 0 Å². The number of halogens is 1.